The first-order valence-electron chi connectivity index (χ1n) is 11.0. The predicted molar refractivity (Wildman–Crippen MR) is 127 cm³/mol. The Labute approximate surface area is 194 Å². The van der Waals surface area contributed by atoms with Gasteiger partial charge in [-0.15, -0.1) is 0 Å². The van der Waals surface area contributed by atoms with E-state index < -0.39 is 0 Å². The highest BCUT2D eigenvalue weighted by Gasteiger charge is 2.28. The Morgan fingerprint density at radius 3 is 2.76 bits per heavy atom. The van der Waals surface area contributed by atoms with Gasteiger partial charge in [0.05, 0.1) is 24.4 Å². The number of benzene rings is 1. The van der Waals surface area contributed by atoms with Crippen molar-refractivity contribution in [3.8, 4) is 5.75 Å². The highest BCUT2D eigenvalue weighted by Crippen LogP contribution is 2.26. The first kappa shape index (κ1) is 22.7. The summed E-state index contributed by atoms with van der Waals surface area (Å²) in [6, 6.07) is 18.8. The van der Waals surface area contributed by atoms with E-state index in [0.717, 1.165) is 18.1 Å². The fraction of sp³-hybridized carbons (Fsp3) is 0.320. The van der Waals surface area contributed by atoms with Crippen molar-refractivity contribution in [1.29, 1.82) is 0 Å². The number of aromatic nitrogens is 2. The molecule has 0 spiro atoms. The van der Waals surface area contributed by atoms with Crippen LogP contribution in [0.5, 0.6) is 5.75 Å². The standard InChI is InChI=1S/C25H29N5O3/c1-29(2)14-16-32-21-10-4-3-8-19(21)25(31)30-15-17-33-22(18-30)20-9-7-12-24(27-20)28-23-11-5-6-13-26-23/h3-13,22H,14-18H2,1-2H3,(H,26,27,28). The van der Waals surface area contributed by atoms with E-state index in [2.05, 4.69) is 15.3 Å². The van der Waals surface area contributed by atoms with Crippen LogP contribution in [0.4, 0.5) is 11.6 Å². The average Bonchev–Trinajstić information content (AvgIpc) is 2.85. The summed E-state index contributed by atoms with van der Waals surface area (Å²) in [6.45, 7) is 2.68. The topological polar surface area (TPSA) is 79.8 Å². The maximum Gasteiger partial charge on any atom is 0.257 e. The number of morpholine rings is 1. The van der Waals surface area contributed by atoms with Gasteiger partial charge in [0, 0.05) is 19.3 Å². The molecule has 3 heterocycles. The van der Waals surface area contributed by atoms with Crippen molar-refractivity contribution in [2.45, 2.75) is 6.10 Å². The predicted octanol–water partition coefficient (Wildman–Crippen LogP) is 3.37. The number of para-hydroxylation sites is 1. The third kappa shape index (κ3) is 6.06. The number of nitrogens with zero attached hydrogens (tertiary/aromatic N) is 4. The minimum atomic E-state index is -0.310. The van der Waals surface area contributed by atoms with Gasteiger partial charge in [-0.2, -0.15) is 0 Å². The van der Waals surface area contributed by atoms with Crippen LogP contribution in [-0.2, 0) is 4.74 Å². The van der Waals surface area contributed by atoms with Gasteiger partial charge in [-0.3, -0.25) is 4.79 Å². The molecule has 8 nitrogen and oxygen atoms in total. The summed E-state index contributed by atoms with van der Waals surface area (Å²) in [5.74, 6) is 1.94. The van der Waals surface area contributed by atoms with Crippen molar-refractivity contribution in [2.75, 3.05) is 52.3 Å². The van der Waals surface area contributed by atoms with E-state index in [0.29, 0.717) is 43.4 Å². The summed E-state index contributed by atoms with van der Waals surface area (Å²) >= 11 is 0. The van der Waals surface area contributed by atoms with E-state index in [-0.39, 0.29) is 12.0 Å². The zero-order chi connectivity index (χ0) is 23.0. The second-order valence-corrected chi connectivity index (χ2v) is 8.05. The van der Waals surface area contributed by atoms with Crippen LogP contribution in [0, 0.1) is 0 Å². The van der Waals surface area contributed by atoms with Crippen LogP contribution in [0.1, 0.15) is 22.2 Å². The molecule has 1 aliphatic rings. The SMILES string of the molecule is CN(C)CCOc1ccccc1C(=O)N1CCOC(c2cccc(Nc3ccccn3)n2)C1. The largest absolute Gasteiger partial charge is 0.491 e. The first-order chi connectivity index (χ1) is 16.1. The lowest BCUT2D eigenvalue weighted by Crippen LogP contribution is -2.42. The van der Waals surface area contributed by atoms with Crippen LogP contribution in [-0.4, -0.2) is 72.6 Å². The number of carbonyl (C=O) groups is 1. The highest BCUT2D eigenvalue weighted by atomic mass is 16.5. The summed E-state index contributed by atoms with van der Waals surface area (Å²) in [6.07, 6.45) is 1.41. The molecule has 8 heteroatoms. The Kier molecular flexibility index (Phi) is 7.49. The highest BCUT2D eigenvalue weighted by molar-refractivity contribution is 5.97. The minimum absolute atomic E-state index is 0.0634. The van der Waals surface area contributed by atoms with Crippen molar-refractivity contribution in [3.05, 3.63) is 78.1 Å². The Morgan fingerprint density at radius 1 is 1.12 bits per heavy atom. The van der Waals surface area contributed by atoms with Crippen molar-refractivity contribution < 1.29 is 14.3 Å². The molecule has 0 aliphatic carbocycles. The first-order valence-corrected chi connectivity index (χ1v) is 11.0. The molecular weight excluding hydrogens is 418 g/mol. The molecule has 1 fully saturated rings. The van der Waals surface area contributed by atoms with E-state index in [9.17, 15) is 4.79 Å². The molecule has 1 atom stereocenters. The molecule has 1 saturated heterocycles. The molecule has 4 rings (SSSR count). The number of anilines is 2. The number of ether oxygens (including phenoxy) is 2. The van der Waals surface area contributed by atoms with Crippen molar-refractivity contribution >= 4 is 17.5 Å². The van der Waals surface area contributed by atoms with Gasteiger partial charge in [0.25, 0.3) is 5.91 Å². The number of rotatable bonds is 8. The normalized spacial score (nSPS) is 16.0. The number of hydrogen-bond donors (Lipinski definition) is 1. The van der Waals surface area contributed by atoms with Gasteiger partial charge >= 0.3 is 0 Å². The molecule has 172 valence electrons. The zero-order valence-electron chi connectivity index (χ0n) is 19.0. The molecule has 1 N–H and O–H groups in total. The van der Waals surface area contributed by atoms with Crippen molar-refractivity contribution in [3.63, 3.8) is 0 Å². The van der Waals surface area contributed by atoms with Gasteiger partial charge < -0.3 is 24.6 Å². The Bertz CT molecular complexity index is 1060. The van der Waals surface area contributed by atoms with E-state index in [1.54, 1.807) is 6.20 Å². The molecule has 1 aromatic carbocycles. The van der Waals surface area contributed by atoms with Crippen molar-refractivity contribution in [2.24, 2.45) is 0 Å². The van der Waals surface area contributed by atoms with Crippen LogP contribution in [0.3, 0.4) is 0 Å². The van der Waals surface area contributed by atoms with Gasteiger partial charge in [-0.25, -0.2) is 9.97 Å². The van der Waals surface area contributed by atoms with Gasteiger partial charge in [0.1, 0.15) is 30.1 Å². The van der Waals surface area contributed by atoms with Crippen LogP contribution in [0.25, 0.3) is 0 Å². The van der Waals surface area contributed by atoms with Gasteiger partial charge in [-0.05, 0) is 50.5 Å². The van der Waals surface area contributed by atoms with Crippen LogP contribution < -0.4 is 10.1 Å². The van der Waals surface area contributed by atoms with Crippen LogP contribution in [0.2, 0.25) is 0 Å². The summed E-state index contributed by atoms with van der Waals surface area (Å²) in [7, 11) is 3.98. The molecule has 0 saturated carbocycles. The van der Waals surface area contributed by atoms with Crippen LogP contribution in [0.15, 0.2) is 66.9 Å². The molecule has 0 radical (unpaired) electrons. The third-order valence-corrected chi connectivity index (χ3v) is 5.29. The third-order valence-electron chi connectivity index (χ3n) is 5.29. The number of carbonyl (C=O) groups excluding carboxylic acids is 1. The van der Waals surface area contributed by atoms with E-state index in [1.165, 1.54) is 0 Å². The fourth-order valence-corrected chi connectivity index (χ4v) is 3.56. The smallest absolute Gasteiger partial charge is 0.257 e. The Morgan fingerprint density at radius 2 is 1.94 bits per heavy atom. The number of pyridine rings is 2. The second-order valence-electron chi connectivity index (χ2n) is 8.05. The monoisotopic (exact) mass is 447 g/mol. The van der Waals surface area contributed by atoms with Gasteiger partial charge in [0.2, 0.25) is 0 Å². The van der Waals surface area contributed by atoms with Gasteiger partial charge in [-0.1, -0.05) is 24.3 Å². The number of nitrogens with one attached hydrogen (secondary N) is 1. The number of amides is 1. The Hall–Kier alpha value is -3.49. The quantitative estimate of drug-likeness (QED) is 0.567. The average molecular weight is 448 g/mol. The van der Waals surface area contributed by atoms with Crippen LogP contribution >= 0.6 is 0 Å². The number of hydrogen-bond acceptors (Lipinski definition) is 7. The lowest BCUT2D eigenvalue weighted by atomic mass is 10.1. The molecule has 1 amide bonds. The summed E-state index contributed by atoms with van der Waals surface area (Å²) < 4.78 is 11.9. The fourth-order valence-electron chi connectivity index (χ4n) is 3.56. The van der Waals surface area contributed by atoms with E-state index in [1.807, 2.05) is 84.6 Å². The lowest BCUT2D eigenvalue weighted by Gasteiger charge is -2.33. The molecule has 33 heavy (non-hydrogen) atoms. The maximum absolute atomic E-state index is 13.3. The summed E-state index contributed by atoms with van der Waals surface area (Å²) in [5, 5.41) is 3.20. The Balaban J connectivity index is 1.45. The zero-order valence-corrected chi connectivity index (χ0v) is 19.0. The molecule has 0 bridgehead atoms. The lowest BCUT2D eigenvalue weighted by molar-refractivity contribution is -0.0247. The van der Waals surface area contributed by atoms with Crippen molar-refractivity contribution in [1.82, 2.24) is 19.8 Å². The summed E-state index contributed by atoms with van der Waals surface area (Å²) in [5.41, 5.74) is 1.33. The van der Waals surface area contributed by atoms with Gasteiger partial charge in [0.15, 0.2) is 0 Å². The van der Waals surface area contributed by atoms with E-state index >= 15 is 0 Å². The maximum atomic E-state index is 13.3. The number of likely N-dealkylation sites (N-methyl/N-ethyl adjacent to an activating group) is 1. The summed E-state index contributed by atoms with van der Waals surface area (Å²) in [4.78, 5) is 26.2. The molecule has 3 aromatic rings. The van der Waals surface area contributed by atoms with E-state index in [4.69, 9.17) is 9.47 Å². The molecule has 1 unspecified atom stereocenters. The molecule has 2 aromatic heterocycles. The molecular formula is C25H29N5O3. The second kappa shape index (κ2) is 10.9. The minimum Gasteiger partial charge on any atom is -0.491 e. The molecule has 1 aliphatic heterocycles.